The van der Waals surface area contributed by atoms with Crippen LogP contribution >= 0.6 is 11.6 Å². The zero-order chi connectivity index (χ0) is 15.7. The number of hydrogen-bond donors (Lipinski definition) is 1. The number of carbonyl (C=O) groups excluding carboxylic acids is 1. The van der Waals surface area contributed by atoms with Gasteiger partial charge in [-0.15, -0.1) is 0 Å². The van der Waals surface area contributed by atoms with Crippen LogP contribution in [0.4, 0.5) is 5.69 Å². The number of halogens is 1. The molecule has 1 amide bonds. The molecule has 0 radical (unpaired) electrons. The Morgan fingerprint density at radius 3 is 2.62 bits per heavy atom. The van der Waals surface area contributed by atoms with E-state index >= 15 is 0 Å². The summed E-state index contributed by atoms with van der Waals surface area (Å²) >= 11 is 5.78. The molecule has 1 saturated heterocycles. The van der Waals surface area contributed by atoms with Crippen molar-refractivity contribution in [3.05, 3.63) is 38.9 Å². The Bertz CT molecular complexity index is 613. The molecule has 1 aromatic rings. The van der Waals surface area contributed by atoms with Gasteiger partial charge in [0.15, 0.2) is 0 Å². The molecule has 1 heterocycles. The van der Waals surface area contributed by atoms with Gasteiger partial charge in [-0.2, -0.15) is 0 Å². The maximum Gasteiger partial charge on any atom is 0.306 e. The fourth-order valence-corrected chi connectivity index (χ4v) is 2.38. The van der Waals surface area contributed by atoms with Crippen molar-refractivity contribution in [3.8, 4) is 0 Å². The Morgan fingerprint density at radius 1 is 1.48 bits per heavy atom. The minimum atomic E-state index is -0.916. The van der Waals surface area contributed by atoms with Gasteiger partial charge >= 0.3 is 5.97 Å². The number of carboxylic acids is 1. The van der Waals surface area contributed by atoms with Crippen LogP contribution in [-0.2, 0) is 4.79 Å². The van der Waals surface area contributed by atoms with Crippen LogP contribution in [0.5, 0.6) is 0 Å². The van der Waals surface area contributed by atoms with Crippen molar-refractivity contribution in [2.24, 2.45) is 11.8 Å². The maximum absolute atomic E-state index is 12.3. The zero-order valence-electron chi connectivity index (χ0n) is 11.2. The number of amides is 1. The summed E-state index contributed by atoms with van der Waals surface area (Å²) in [7, 11) is 0. The second-order valence-electron chi connectivity index (χ2n) is 5.02. The highest BCUT2D eigenvalue weighted by Crippen LogP contribution is 2.29. The summed E-state index contributed by atoms with van der Waals surface area (Å²) in [5.41, 5.74) is -0.381. The lowest BCUT2D eigenvalue weighted by Gasteiger charge is -2.41. The molecule has 1 atom stereocenters. The van der Waals surface area contributed by atoms with Gasteiger partial charge in [0, 0.05) is 30.1 Å². The summed E-state index contributed by atoms with van der Waals surface area (Å²) in [6.07, 6.45) is 0. The molecule has 1 N–H and O–H groups in total. The standard InChI is InChI=1S/C13H13ClN2O5/c1-7(13(18)19)8-5-15(6-8)12(17)10-4-9(14)2-3-11(10)16(20)21/h2-4,7-8H,5-6H2,1H3,(H,18,19). The lowest BCUT2D eigenvalue weighted by Crippen LogP contribution is -2.53. The molecule has 2 rings (SSSR count). The molecule has 0 bridgehead atoms. The molecule has 21 heavy (non-hydrogen) atoms. The molecular formula is C13H13ClN2O5. The average molecular weight is 313 g/mol. The van der Waals surface area contributed by atoms with Gasteiger partial charge in [-0.25, -0.2) is 0 Å². The topological polar surface area (TPSA) is 101 Å². The summed E-state index contributed by atoms with van der Waals surface area (Å²) in [6.45, 7) is 2.13. The third-order valence-corrected chi connectivity index (χ3v) is 3.91. The maximum atomic E-state index is 12.3. The van der Waals surface area contributed by atoms with Gasteiger partial charge < -0.3 is 10.0 Å². The van der Waals surface area contributed by atoms with Crippen molar-refractivity contribution in [2.75, 3.05) is 13.1 Å². The summed E-state index contributed by atoms with van der Waals surface area (Å²) < 4.78 is 0. The van der Waals surface area contributed by atoms with E-state index in [0.29, 0.717) is 0 Å². The van der Waals surface area contributed by atoms with E-state index in [9.17, 15) is 19.7 Å². The van der Waals surface area contributed by atoms with Crippen molar-refractivity contribution >= 4 is 29.2 Å². The van der Waals surface area contributed by atoms with E-state index in [1.54, 1.807) is 6.92 Å². The number of carbonyl (C=O) groups is 2. The summed E-state index contributed by atoms with van der Waals surface area (Å²) in [6, 6.07) is 3.80. The highest BCUT2D eigenvalue weighted by molar-refractivity contribution is 6.31. The first-order valence-corrected chi connectivity index (χ1v) is 6.65. The molecular weight excluding hydrogens is 300 g/mol. The highest BCUT2D eigenvalue weighted by atomic mass is 35.5. The molecule has 1 aliphatic heterocycles. The second kappa shape index (κ2) is 5.69. The number of likely N-dealkylation sites (tertiary alicyclic amines) is 1. The number of nitro groups is 1. The van der Waals surface area contributed by atoms with E-state index in [4.69, 9.17) is 16.7 Å². The number of nitro benzene ring substituents is 1. The van der Waals surface area contributed by atoms with Crippen LogP contribution in [0.2, 0.25) is 5.02 Å². The predicted molar refractivity (Wildman–Crippen MR) is 74.3 cm³/mol. The molecule has 1 aromatic carbocycles. The summed E-state index contributed by atoms with van der Waals surface area (Å²) in [4.78, 5) is 34.8. The number of hydrogen-bond acceptors (Lipinski definition) is 4. The number of carboxylic acid groups (broad SMARTS) is 1. The predicted octanol–water partition coefficient (Wildman–Crippen LogP) is 2.04. The smallest absolute Gasteiger partial charge is 0.306 e. The average Bonchev–Trinajstić information content (AvgIpc) is 2.35. The molecule has 112 valence electrons. The molecule has 1 aliphatic rings. The van der Waals surface area contributed by atoms with Gasteiger partial charge in [0.2, 0.25) is 0 Å². The van der Waals surface area contributed by atoms with Crippen LogP contribution in [0.15, 0.2) is 18.2 Å². The van der Waals surface area contributed by atoms with E-state index < -0.39 is 22.7 Å². The van der Waals surface area contributed by atoms with E-state index in [-0.39, 0.29) is 35.3 Å². The van der Waals surface area contributed by atoms with Crippen molar-refractivity contribution in [1.29, 1.82) is 0 Å². The van der Waals surface area contributed by atoms with Crippen molar-refractivity contribution < 1.29 is 19.6 Å². The van der Waals surface area contributed by atoms with E-state index in [2.05, 4.69) is 0 Å². The van der Waals surface area contributed by atoms with Crippen molar-refractivity contribution in [3.63, 3.8) is 0 Å². The van der Waals surface area contributed by atoms with Crippen LogP contribution in [0, 0.1) is 22.0 Å². The molecule has 1 fully saturated rings. The summed E-state index contributed by atoms with van der Waals surface area (Å²) in [5, 5.41) is 20.1. The SMILES string of the molecule is CC(C(=O)O)C1CN(C(=O)c2cc(Cl)ccc2[N+](=O)[O-])C1. The second-order valence-corrected chi connectivity index (χ2v) is 5.45. The Labute approximate surface area is 125 Å². The highest BCUT2D eigenvalue weighted by Gasteiger charge is 2.39. The number of aliphatic carboxylic acids is 1. The molecule has 7 nitrogen and oxygen atoms in total. The molecule has 0 aliphatic carbocycles. The molecule has 1 unspecified atom stereocenters. The molecule has 0 saturated carbocycles. The van der Waals surface area contributed by atoms with Crippen LogP contribution < -0.4 is 0 Å². The van der Waals surface area contributed by atoms with Gasteiger partial charge in [-0.05, 0) is 12.1 Å². The Morgan fingerprint density at radius 2 is 2.10 bits per heavy atom. The first-order chi connectivity index (χ1) is 9.81. The third kappa shape index (κ3) is 2.97. The largest absolute Gasteiger partial charge is 0.481 e. The van der Waals surface area contributed by atoms with E-state index in [1.807, 2.05) is 0 Å². The first kappa shape index (κ1) is 15.2. The minimum Gasteiger partial charge on any atom is -0.481 e. The van der Waals surface area contributed by atoms with Gasteiger partial charge in [0.25, 0.3) is 11.6 Å². The van der Waals surface area contributed by atoms with Crippen LogP contribution in [0.1, 0.15) is 17.3 Å². The number of benzene rings is 1. The zero-order valence-corrected chi connectivity index (χ0v) is 11.9. The van der Waals surface area contributed by atoms with Gasteiger partial charge in [-0.1, -0.05) is 18.5 Å². The third-order valence-electron chi connectivity index (χ3n) is 3.68. The Hall–Kier alpha value is -2.15. The monoisotopic (exact) mass is 312 g/mol. The van der Waals surface area contributed by atoms with E-state index in [0.717, 1.165) is 0 Å². The lowest BCUT2D eigenvalue weighted by atomic mass is 9.86. The lowest BCUT2D eigenvalue weighted by molar-refractivity contribution is -0.385. The van der Waals surface area contributed by atoms with E-state index in [1.165, 1.54) is 23.1 Å². The fourth-order valence-electron chi connectivity index (χ4n) is 2.21. The van der Waals surface area contributed by atoms with Crippen LogP contribution in [0.25, 0.3) is 0 Å². The Balaban J connectivity index is 2.14. The van der Waals surface area contributed by atoms with Crippen molar-refractivity contribution in [1.82, 2.24) is 4.90 Å². The molecule has 0 aromatic heterocycles. The number of rotatable bonds is 4. The molecule has 0 spiro atoms. The Kier molecular flexibility index (Phi) is 4.13. The van der Waals surface area contributed by atoms with Crippen molar-refractivity contribution in [2.45, 2.75) is 6.92 Å². The van der Waals surface area contributed by atoms with Gasteiger partial charge in [0.1, 0.15) is 5.56 Å². The molecule has 8 heteroatoms. The van der Waals surface area contributed by atoms with Crippen LogP contribution in [0.3, 0.4) is 0 Å². The van der Waals surface area contributed by atoms with Gasteiger partial charge in [-0.3, -0.25) is 19.7 Å². The first-order valence-electron chi connectivity index (χ1n) is 6.27. The summed E-state index contributed by atoms with van der Waals surface area (Å²) in [5.74, 6) is -2.10. The van der Waals surface area contributed by atoms with Crippen LogP contribution in [-0.4, -0.2) is 39.9 Å². The fraction of sp³-hybridized carbons (Fsp3) is 0.385. The van der Waals surface area contributed by atoms with Gasteiger partial charge in [0.05, 0.1) is 10.8 Å². The minimum absolute atomic E-state index is 0.0751. The quantitative estimate of drug-likeness (QED) is 0.677. The normalized spacial score (nSPS) is 16.2. The number of nitrogens with zero attached hydrogens (tertiary/aromatic N) is 2.